The number of nitrogens with zero attached hydrogens (tertiary/aromatic N) is 2. The van der Waals surface area contributed by atoms with Gasteiger partial charge in [-0.1, -0.05) is 24.6 Å². The molecular formula is C22H23N3O3. The minimum absolute atomic E-state index is 0.0253. The van der Waals surface area contributed by atoms with E-state index in [0.717, 1.165) is 37.1 Å². The number of carbonyl (C=O) groups is 1. The molecule has 1 aliphatic heterocycles. The van der Waals surface area contributed by atoms with Crippen LogP contribution in [0.15, 0.2) is 47.3 Å². The summed E-state index contributed by atoms with van der Waals surface area (Å²) < 4.78 is 7.09. The molecule has 6 nitrogen and oxygen atoms in total. The number of para-hydroxylation sites is 1. The highest BCUT2D eigenvalue weighted by Gasteiger charge is 2.15. The Morgan fingerprint density at radius 3 is 2.89 bits per heavy atom. The lowest BCUT2D eigenvalue weighted by Gasteiger charge is -2.12. The molecule has 0 bridgehead atoms. The van der Waals surface area contributed by atoms with Gasteiger partial charge in [0.2, 0.25) is 5.91 Å². The summed E-state index contributed by atoms with van der Waals surface area (Å²) in [5, 5.41) is 3.43. The number of fused-ring (bicyclic) bond motifs is 2. The number of benzene rings is 2. The van der Waals surface area contributed by atoms with Crippen molar-refractivity contribution in [2.24, 2.45) is 0 Å². The summed E-state index contributed by atoms with van der Waals surface area (Å²) in [5.41, 5.74) is 2.07. The monoisotopic (exact) mass is 377 g/mol. The first kappa shape index (κ1) is 18.2. The van der Waals surface area contributed by atoms with Crippen molar-refractivity contribution in [3.05, 3.63) is 64.2 Å². The average molecular weight is 377 g/mol. The van der Waals surface area contributed by atoms with Crippen molar-refractivity contribution in [3.8, 4) is 5.75 Å². The van der Waals surface area contributed by atoms with Crippen molar-refractivity contribution in [2.45, 2.75) is 38.6 Å². The second-order valence-electron chi connectivity index (χ2n) is 7.06. The standard InChI is InChI=1S/C22H23N3O3/c1-28-19-8-5-4-7-15(19)13-21(26)23-16-10-11-18-17(14-16)22(27)25-12-6-2-3-9-20(25)24-18/h4-5,7-8,10-11,14H,2-3,6,9,12-13H2,1H3,(H,23,26). The van der Waals surface area contributed by atoms with Crippen LogP contribution in [0, 0.1) is 0 Å². The molecule has 144 valence electrons. The maximum atomic E-state index is 12.9. The van der Waals surface area contributed by atoms with Crippen molar-refractivity contribution < 1.29 is 9.53 Å². The number of methoxy groups -OCH3 is 1. The predicted octanol–water partition coefficient (Wildman–Crippen LogP) is 3.31. The molecule has 0 unspecified atom stereocenters. The molecule has 0 atom stereocenters. The molecule has 0 saturated carbocycles. The molecule has 1 aromatic heterocycles. The zero-order chi connectivity index (χ0) is 19.5. The van der Waals surface area contributed by atoms with E-state index in [1.165, 1.54) is 0 Å². The van der Waals surface area contributed by atoms with Gasteiger partial charge in [-0.3, -0.25) is 14.2 Å². The fourth-order valence-corrected chi connectivity index (χ4v) is 3.72. The molecule has 1 aliphatic rings. The van der Waals surface area contributed by atoms with Crippen LogP contribution in [0.5, 0.6) is 5.75 Å². The van der Waals surface area contributed by atoms with E-state index in [1.54, 1.807) is 29.9 Å². The van der Waals surface area contributed by atoms with Gasteiger partial charge in [0.25, 0.3) is 5.56 Å². The van der Waals surface area contributed by atoms with Gasteiger partial charge in [-0.05, 0) is 37.1 Å². The zero-order valence-corrected chi connectivity index (χ0v) is 15.9. The first-order valence-corrected chi connectivity index (χ1v) is 9.61. The van der Waals surface area contributed by atoms with Gasteiger partial charge in [-0.15, -0.1) is 0 Å². The number of anilines is 1. The topological polar surface area (TPSA) is 73.2 Å². The molecule has 1 N–H and O–H groups in total. The molecule has 28 heavy (non-hydrogen) atoms. The van der Waals surface area contributed by atoms with Gasteiger partial charge < -0.3 is 10.1 Å². The summed E-state index contributed by atoms with van der Waals surface area (Å²) in [6, 6.07) is 12.8. The van der Waals surface area contributed by atoms with Crippen LogP contribution in [-0.4, -0.2) is 22.6 Å². The molecule has 2 aromatic carbocycles. The van der Waals surface area contributed by atoms with Crippen molar-refractivity contribution >= 4 is 22.5 Å². The first-order valence-electron chi connectivity index (χ1n) is 9.61. The minimum atomic E-state index is -0.160. The highest BCUT2D eigenvalue weighted by molar-refractivity contribution is 5.94. The number of aryl methyl sites for hydroxylation is 1. The van der Waals surface area contributed by atoms with Crippen LogP contribution in [0.2, 0.25) is 0 Å². The molecule has 2 heterocycles. The van der Waals surface area contributed by atoms with Gasteiger partial charge in [-0.25, -0.2) is 4.98 Å². The van der Waals surface area contributed by atoms with Gasteiger partial charge in [-0.2, -0.15) is 0 Å². The normalized spacial score (nSPS) is 13.6. The summed E-state index contributed by atoms with van der Waals surface area (Å²) in [4.78, 5) is 30.1. The van der Waals surface area contributed by atoms with E-state index in [9.17, 15) is 9.59 Å². The smallest absolute Gasteiger partial charge is 0.261 e. The van der Waals surface area contributed by atoms with E-state index < -0.39 is 0 Å². The maximum Gasteiger partial charge on any atom is 0.261 e. The Kier molecular flexibility index (Phi) is 5.10. The summed E-state index contributed by atoms with van der Waals surface area (Å²) in [5.74, 6) is 1.39. The van der Waals surface area contributed by atoms with E-state index in [4.69, 9.17) is 4.74 Å². The fourth-order valence-electron chi connectivity index (χ4n) is 3.72. The molecule has 0 radical (unpaired) electrons. The van der Waals surface area contributed by atoms with Gasteiger partial charge >= 0.3 is 0 Å². The predicted molar refractivity (Wildman–Crippen MR) is 109 cm³/mol. The molecular weight excluding hydrogens is 354 g/mol. The summed E-state index contributed by atoms with van der Waals surface area (Å²) >= 11 is 0. The molecule has 6 heteroatoms. The van der Waals surface area contributed by atoms with Crippen molar-refractivity contribution in [1.29, 1.82) is 0 Å². The van der Waals surface area contributed by atoms with E-state index in [0.29, 0.717) is 28.9 Å². The highest BCUT2D eigenvalue weighted by Crippen LogP contribution is 2.20. The summed E-state index contributed by atoms with van der Waals surface area (Å²) in [6.45, 7) is 0.710. The lowest BCUT2D eigenvalue weighted by atomic mass is 10.1. The number of hydrogen-bond donors (Lipinski definition) is 1. The Bertz CT molecular complexity index is 1090. The Morgan fingerprint density at radius 1 is 1.18 bits per heavy atom. The second-order valence-corrected chi connectivity index (χ2v) is 7.06. The fraction of sp³-hybridized carbons (Fsp3) is 0.318. The van der Waals surface area contributed by atoms with Crippen LogP contribution in [0.1, 0.15) is 30.7 Å². The van der Waals surface area contributed by atoms with Crippen LogP contribution in [-0.2, 0) is 24.2 Å². The Balaban J connectivity index is 1.60. The van der Waals surface area contributed by atoms with E-state index in [2.05, 4.69) is 10.3 Å². The number of carbonyl (C=O) groups excluding carboxylic acids is 1. The van der Waals surface area contributed by atoms with E-state index in [1.807, 2.05) is 24.3 Å². The van der Waals surface area contributed by atoms with Crippen LogP contribution >= 0.6 is 0 Å². The minimum Gasteiger partial charge on any atom is -0.496 e. The van der Waals surface area contributed by atoms with Gasteiger partial charge in [0.15, 0.2) is 0 Å². The lowest BCUT2D eigenvalue weighted by molar-refractivity contribution is -0.115. The second kappa shape index (κ2) is 7.84. The van der Waals surface area contributed by atoms with Crippen LogP contribution in [0.4, 0.5) is 5.69 Å². The van der Waals surface area contributed by atoms with Crippen LogP contribution < -0.4 is 15.6 Å². The Labute approximate surface area is 163 Å². The number of hydrogen-bond acceptors (Lipinski definition) is 4. The molecule has 0 saturated heterocycles. The SMILES string of the molecule is COc1ccccc1CC(=O)Nc1ccc2nc3n(c(=O)c2c1)CCCCC3. The van der Waals surface area contributed by atoms with E-state index in [-0.39, 0.29) is 17.9 Å². The third-order valence-electron chi connectivity index (χ3n) is 5.14. The Hall–Kier alpha value is -3.15. The molecule has 1 amide bonds. The van der Waals surface area contributed by atoms with Crippen molar-refractivity contribution in [3.63, 3.8) is 0 Å². The number of rotatable bonds is 4. The first-order chi connectivity index (χ1) is 13.7. The zero-order valence-electron chi connectivity index (χ0n) is 15.9. The molecule has 3 aromatic rings. The number of ether oxygens (including phenoxy) is 1. The number of amides is 1. The molecule has 4 rings (SSSR count). The van der Waals surface area contributed by atoms with Crippen molar-refractivity contribution in [2.75, 3.05) is 12.4 Å². The lowest BCUT2D eigenvalue weighted by Crippen LogP contribution is -2.24. The van der Waals surface area contributed by atoms with Crippen LogP contribution in [0.25, 0.3) is 10.9 Å². The van der Waals surface area contributed by atoms with E-state index >= 15 is 0 Å². The number of nitrogens with one attached hydrogen (secondary N) is 1. The summed E-state index contributed by atoms with van der Waals surface area (Å²) in [7, 11) is 1.59. The highest BCUT2D eigenvalue weighted by atomic mass is 16.5. The van der Waals surface area contributed by atoms with Crippen molar-refractivity contribution in [1.82, 2.24) is 9.55 Å². The summed E-state index contributed by atoms with van der Waals surface area (Å²) in [6.07, 6.45) is 4.21. The number of aromatic nitrogens is 2. The van der Waals surface area contributed by atoms with Gasteiger partial charge in [0, 0.05) is 24.2 Å². The van der Waals surface area contributed by atoms with Crippen LogP contribution in [0.3, 0.4) is 0 Å². The van der Waals surface area contributed by atoms with Gasteiger partial charge in [0.05, 0.1) is 24.4 Å². The molecule has 0 fully saturated rings. The quantitative estimate of drug-likeness (QED) is 0.757. The molecule has 0 spiro atoms. The maximum absolute atomic E-state index is 12.9. The Morgan fingerprint density at radius 2 is 2.04 bits per heavy atom. The largest absolute Gasteiger partial charge is 0.496 e. The third-order valence-corrected chi connectivity index (χ3v) is 5.14. The third kappa shape index (κ3) is 3.63. The van der Waals surface area contributed by atoms with Gasteiger partial charge in [0.1, 0.15) is 11.6 Å². The average Bonchev–Trinajstić information content (AvgIpc) is 2.95. The molecule has 0 aliphatic carbocycles.